The van der Waals surface area contributed by atoms with Gasteiger partial charge in [0, 0.05) is 11.8 Å². The summed E-state index contributed by atoms with van der Waals surface area (Å²) in [4.78, 5) is 16.0. The van der Waals surface area contributed by atoms with Crippen molar-refractivity contribution in [3.63, 3.8) is 0 Å². The number of nitrogens with one attached hydrogen (secondary N) is 1. The first-order valence-electron chi connectivity index (χ1n) is 5.98. The van der Waals surface area contributed by atoms with Crippen molar-refractivity contribution in [2.75, 3.05) is 12.3 Å². The summed E-state index contributed by atoms with van der Waals surface area (Å²) >= 11 is 0. The summed E-state index contributed by atoms with van der Waals surface area (Å²) in [7, 11) is 0. The zero-order valence-electron chi connectivity index (χ0n) is 10.2. The van der Waals surface area contributed by atoms with Crippen LogP contribution in [0.1, 0.15) is 22.0 Å². The van der Waals surface area contributed by atoms with Gasteiger partial charge in [0.25, 0.3) is 5.91 Å². The van der Waals surface area contributed by atoms with Gasteiger partial charge in [0.05, 0.1) is 11.6 Å². The van der Waals surface area contributed by atoms with E-state index in [0.29, 0.717) is 18.0 Å². The maximum absolute atomic E-state index is 12.1. The highest BCUT2D eigenvalue weighted by Gasteiger charge is 2.25. The number of nitrogen functional groups attached to an aromatic ring is 1. The summed E-state index contributed by atoms with van der Waals surface area (Å²) in [6.07, 6.45) is 1.46. The molecule has 3 rings (SSSR count). The normalized spacial score (nSPS) is 16.5. The van der Waals surface area contributed by atoms with E-state index in [4.69, 9.17) is 10.5 Å². The molecule has 96 valence electrons. The molecule has 1 aliphatic rings. The van der Waals surface area contributed by atoms with E-state index in [1.54, 1.807) is 12.1 Å². The topological polar surface area (TPSA) is 77.2 Å². The average Bonchev–Trinajstić information content (AvgIpc) is 2.83. The lowest BCUT2D eigenvalue weighted by Crippen LogP contribution is -2.29. The van der Waals surface area contributed by atoms with Gasteiger partial charge >= 0.3 is 0 Å². The number of carbonyl (C=O) groups is 1. The second kappa shape index (κ2) is 4.61. The molecule has 1 atom stereocenters. The van der Waals surface area contributed by atoms with Crippen LogP contribution in [-0.4, -0.2) is 17.5 Å². The molecule has 1 amide bonds. The third-order valence-corrected chi connectivity index (χ3v) is 3.05. The first kappa shape index (κ1) is 11.5. The van der Waals surface area contributed by atoms with Crippen LogP contribution in [0.25, 0.3) is 0 Å². The molecule has 0 saturated heterocycles. The molecular formula is C14H13N3O2. The number of benzene rings is 1. The van der Waals surface area contributed by atoms with Gasteiger partial charge in [-0.25, -0.2) is 4.98 Å². The lowest BCUT2D eigenvalue weighted by Gasteiger charge is -2.11. The number of anilines is 1. The molecule has 2 heterocycles. The highest BCUT2D eigenvalue weighted by molar-refractivity contribution is 5.94. The Morgan fingerprint density at radius 3 is 2.95 bits per heavy atom. The van der Waals surface area contributed by atoms with Gasteiger partial charge in [-0.1, -0.05) is 18.2 Å². The van der Waals surface area contributed by atoms with Crippen LogP contribution in [0, 0.1) is 0 Å². The fourth-order valence-electron chi connectivity index (χ4n) is 2.06. The summed E-state index contributed by atoms with van der Waals surface area (Å²) in [6.45, 7) is 0.452. The Hall–Kier alpha value is -2.56. The second-order valence-corrected chi connectivity index (χ2v) is 4.35. The van der Waals surface area contributed by atoms with Crippen LogP contribution in [0.5, 0.6) is 5.75 Å². The Kier molecular flexibility index (Phi) is 2.79. The molecule has 1 aromatic carbocycles. The van der Waals surface area contributed by atoms with Crippen molar-refractivity contribution in [2.24, 2.45) is 0 Å². The number of aromatic nitrogens is 1. The number of nitrogens with zero attached hydrogens (tertiary/aromatic N) is 1. The Morgan fingerprint density at radius 1 is 1.32 bits per heavy atom. The predicted molar refractivity (Wildman–Crippen MR) is 70.8 cm³/mol. The Balaban J connectivity index is 1.76. The molecule has 19 heavy (non-hydrogen) atoms. The van der Waals surface area contributed by atoms with E-state index < -0.39 is 0 Å². The van der Waals surface area contributed by atoms with Crippen LogP contribution in [0.4, 0.5) is 5.82 Å². The monoisotopic (exact) mass is 255 g/mol. The van der Waals surface area contributed by atoms with Gasteiger partial charge in [0.1, 0.15) is 18.2 Å². The molecule has 0 fully saturated rings. The van der Waals surface area contributed by atoms with Gasteiger partial charge in [0.2, 0.25) is 0 Å². The number of hydrogen-bond donors (Lipinski definition) is 2. The number of ether oxygens (including phenoxy) is 1. The van der Waals surface area contributed by atoms with Gasteiger partial charge < -0.3 is 15.8 Å². The van der Waals surface area contributed by atoms with Crippen molar-refractivity contribution < 1.29 is 9.53 Å². The Labute approximate surface area is 110 Å². The van der Waals surface area contributed by atoms with Crippen molar-refractivity contribution in [1.82, 2.24) is 10.3 Å². The molecule has 5 nitrogen and oxygen atoms in total. The predicted octanol–water partition coefficient (Wildman–Crippen LogP) is 1.53. The zero-order valence-corrected chi connectivity index (χ0v) is 10.2. The second-order valence-electron chi connectivity index (χ2n) is 4.35. The summed E-state index contributed by atoms with van der Waals surface area (Å²) in [5.41, 5.74) is 6.97. The van der Waals surface area contributed by atoms with Crippen molar-refractivity contribution >= 4 is 11.7 Å². The Morgan fingerprint density at radius 2 is 2.16 bits per heavy atom. The third kappa shape index (κ3) is 2.22. The van der Waals surface area contributed by atoms with Crippen molar-refractivity contribution in [1.29, 1.82) is 0 Å². The van der Waals surface area contributed by atoms with Crippen LogP contribution in [0.15, 0.2) is 42.6 Å². The van der Waals surface area contributed by atoms with Gasteiger partial charge in [-0.2, -0.15) is 0 Å². The quantitative estimate of drug-likeness (QED) is 0.853. The molecule has 0 aliphatic carbocycles. The van der Waals surface area contributed by atoms with E-state index in [9.17, 15) is 4.79 Å². The number of rotatable bonds is 2. The van der Waals surface area contributed by atoms with Crippen LogP contribution in [0.3, 0.4) is 0 Å². The minimum Gasteiger partial charge on any atom is -0.491 e. The first-order valence-corrected chi connectivity index (χ1v) is 5.98. The minimum atomic E-state index is -0.183. The number of amides is 1. The molecule has 5 heteroatoms. The van der Waals surface area contributed by atoms with Gasteiger partial charge in [-0.3, -0.25) is 4.79 Å². The summed E-state index contributed by atoms with van der Waals surface area (Å²) in [5, 5.41) is 2.93. The summed E-state index contributed by atoms with van der Waals surface area (Å²) < 4.78 is 5.52. The maximum atomic E-state index is 12.1. The highest BCUT2D eigenvalue weighted by Crippen LogP contribution is 2.31. The lowest BCUT2D eigenvalue weighted by molar-refractivity contribution is 0.0930. The van der Waals surface area contributed by atoms with E-state index in [0.717, 1.165) is 11.3 Å². The molecule has 0 bridgehead atoms. The SMILES string of the molecule is Nc1ccc(C(=O)NC2COc3ccccc32)cn1. The highest BCUT2D eigenvalue weighted by atomic mass is 16.5. The van der Waals surface area contributed by atoms with Gasteiger partial charge in [-0.05, 0) is 18.2 Å². The molecule has 3 N–H and O–H groups in total. The van der Waals surface area contributed by atoms with E-state index in [1.807, 2.05) is 24.3 Å². The third-order valence-electron chi connectivity index (χ3n) is 3.05. The number of nitrogens with two attached hydrogens (primary N) is 1. The van der Waals surface area contributed by atoms with Crippen LogP contribution < -0.4 is 15.8 Å². The summed E-state index contributed by atoms with van der Waals surface area (Å²) in [5.74, 6) is 1.03. The number of pyridine rings is 1. The standard InChI is InChI=1S/C14H13N3O2/c15-13-6-5-9(7-16-13)14(18)17-11-8-19-12-4-2-1-3-10(11)12/h1-7,11H,8H2,(H2,15,16)(H,17,18). The molecule has 0 spiro atoms. The number of fused-ring (bicyclic) bond motifs is 1. The average molecular weight is 255 g/mol. The van der Waals surface area contributed by atoms with Gasteiger partial charge in [0.15, 0.2) is 0 Å². The van der Waals surface area contributed by atoms with Gasteiger partial charge in [-0.15, -0.1) is 0 Å². The van der Waals surface area contributed by atoms with Crippen LogP contribution >= 0.6 is 0 Å². The van der Waals surface area contributed by atoms with Crippen LogP contribution in [0.2, 0.25) is 0 Å². The largest absolute Gasteiger partial charge is 0.491 e. The van der Waals surface area contributed by atoms with E-state index in [2.05, 4.69) is 10.3 Å². The molecule has 1 unspecified atom stereocenters. The van der Waals surface area contributed by atoms with Crippen molar-refractivity contribution in [3.8, 4) is 5.75 Å². The smallest absolute Gasteiger partial charge is 0.253 e. The molecular weight excluding hydrogens is 242 g/mol. The Bertz CT molecular complexity index is 610. The zero-order chi connectivity index (χ0) is 13.2. The molecule has 1 aromatic heterocycles. The number of carbonyl (C=O) groups excluding carboxylic acids is 1. The van der Waals surface area contributed by atoms with E-state index in [1.165, 1.54) is 6.20 Å². The maximum Gasteiger partial charge on any atom is 0.253 e. The van der Waals surface area contributed by atoms with Crippen molar-refractivity contribution in [3.05, 3.63) is 53.7 Å². The van der Waals surface area contributed by atoms with E-state index >= 15 is 0 Å². The molecule has 2 aromatic rings. The minimum absolute atomic E-state index is 0.124. The summed E-state index contributed by atoms with van der Waals surface area (Å²) in [6, 6.07) is 10.8. The lowest BCUT2D eigenvalue weighted by atomic mass is 10.1. The number of para-hydroxylation sites is 1. The first-order chi connectivity index (χ1) is 9.24. The fraction of sp³-hybridized carbons (Fsp3) is 0.143. The fourth-order valence-corrected chi connectivity index (χ4v) is 2.06. The van der Waals surface area contributed by atoms with E-state index in [-0.39, 0.29) is 11.9 Å². The molecule has 1 aliphatic heterocycles. The van der Waals surface area contributed by atoms with Crippen LogP contribution in [-0.2, 0) is 0 Å². The molecule has 0 radical (unpaired) electrons. The van der Waals surface area contributed by atoms with Crippen molar-refractivity contribution in [2.45, 2.75) is 6.04 Å². The molecule has 0 saturated carbocycles. The number of hydrogen-bond acceptors (Lipinski definition) is 4.